The van der Waals surface area contributed by atoms with E-state index in [0.717, 1.165) is 22.9 Å². The molecule has 0 unspecified atom stereocenters. The number of hydrogen-bond donors (Lipinski definition) is 1. The summed E-state index contributed by atoms with van der Waals surface area (Å²) >= 11 is 1.64. The molecule has 0 spiro atoms. The number of hydrogen-bond acceptors (Lipinski definition) is 3. The third-order valence-electron chi connectivity index (χ3n) is 3.79. The number of thiazole rings is 1. The molecule has 22 heavy (non-hydrogen) atoms. The number of nitrogens with one attached hydrogen (secondary N) is 1. The molecule has 112 valence electrons. The van der Waals surface area contributed by atoms with E-state index in [1.165, 1.54) is 22.3 Å². The molecule has 1 aromatic heterocycles. The van der Waals surface area contributed by atoms with Crippen molar-refractivity contribution in [3.63, 3.8) is 0 Å². The predicted molar refractivity (Wildman–Crippen MR) is 96.1 cm³/mol. The fourth-order valence-electron chi connectivity index (χ4n) is 2.44. The zero-order valence-electron chi connectivity index (χ0n) is 13.2. The van der Waals surface area contributed by atoms with Gasteiger partial charge in [-0.3, -0.25) is 0 Å². The van der Waals surface area contributed by atoms with Gasteiger partial charge in [0.05, 0.1) is 5.69 Å². The van der Waals surface area contributed by atoms with Crippen molar-refractivity contribution in [2.24, 2.45) is 0 Å². The molecule has 0 amide bonds. The second kappa shape index (κ2) is 6.32. The van der Waals surface area contributed by atoms with Gasteiger partial charge in [-0.15, -0.1) is 11.3 Å². The standard InChI is InChI=1S/C19H20N2S/c1-4-15-6-8-16(9-7-15)18-12-22-19(21-18)20-17-10-5-13(2)11-14(17)3/h5-12H,4H2,1-3H3,(H,20,21). The highest BCUT2D eigenvalue weighted by atomic mass is 32.1. The number of aromatic nitrogens is 1. The second-order valence-corrected chi connectivity index (χ2v) is 6.39. The first kappa shape index (κ1) is 14.8. The minimum atomic E-state index is 0.932. The molecule has 1 heterocycles. The van der Waals surface area contributed by atoms with Crippen LogP contribution in [0, 0.1) is 13.8 Å². The molecular formula is C19H20N2S. The average molecular weight is 308 g/mol. The Morgan fingerprint density at radius 3 is 2.50 bits per heavy atom. The molecule has 0 radical (unpaired) electrons. The summed E-state index contributed by atoms with van der Waals surface area (Å²) in [5.74, 6) is 0. The van der Waals surface area contributed by atoms with Crippen molar-refractivity contribution in [1.29, 1.82) is 0 Å². The van der Waals surface area contributed by atoms with E-state index in [9.17, 15) is 0 Å². The molecule has 3 aromatic rings. The van der Waals surface area contributed by atoms with Crippen LogP contribution in [-0.4, -0.2) is 4.98 Å². The van der Waals surface area contributed by atoms with Crippen LogP contribution in [0.3, 0.4) is 0 Å². The van der Waals surface area contributed by atoms with Crippen LogP contribution in [0.2, 0.25) is 0 Å². The Bertz CT molecular complexity index is 772. The Morgan fingerprint density at radius 1 is 1.05 bits per heavy atom. The Balaban J connectivity index is 1.81. The summed E-state index contributed by atoms with van der Waals surface area (Å²) < 4.78 is 0. The summed E-state index contributed by atoms with van der Waals surface area (Å²) in [6.45, 7) is 6.40. The topological polar surface area (TPSA) is 24.9 Å². The fraction of sp³-hybridized carbons (Fsp3) is 0.211. The van der Waals surface area contributed by atoms with Gasteiger partial charge >= 0.3 is 0 Å². The normalized spacial score (nSPS) is 10.7. The molecular weight excluding hydrogens is 288 g/mol. The highest BCUT2D eigenvalue weighted by Gasteiger charge is 2.06. The van der Waals surface area contributed by atoms with Gasteiger partial charge in [-0.05, 0) is 37.5 Å². The summed E-state index contributed by atoms with van der Waals surface area (Å²) in [6.07, 6.45) is 1.07. The molecule has 0 aliphatic rings. The van der Waals surface area contributed by atoms with Crippen LogP contribution in [0.25, 0.3) is 11.3 Å². The molecule has 0 aliphatic heterocycles. The summed E-state index contributed by atoms with van der Waals surface area (Å²) in [5.41, 5.74) is 7.19. The highest BCUT2D eigenvalue weighted by molar-refractivity contribution is 7.14. The molecule has 3 heteroatoms. The van der Waals surface area contributed by atoms with E-state index >= 15 is 0 Å². The van der Waals surface area contributed by atoms with Crippen LogP contribution in [0.15, 0.2) is 47.8 Å². The van der Waals surface area contributed by atoms with Gasteiger partial charge in [-0.25, -0.2) is 4.98 Å². The number of benzene rings is 2. The lowest BCUT2D eigenvalue weighted by Crippen LogP contribution is -1.93. The largest absolute Gasteiger partial charge is 0.331 e. The van der Waals surface area contributed by atoms with Crippen LogP contribution in [0.4, 0.5) is 10.8 Å². The lowest BCUT2D eigenvalue weighted by atomic mass is 10.1. The van der Waals surface area contributed by atoms with E-state index < -0.39 is 0 Å². The van der Waals surface area contributed by atoms with E-state index in [4.69, 9.17) is 4.98 Å². The molecule has 1 N–H and O–H groups in total. The van der Waals surface area contributed by atoms with Crippen LogP contribution >= 0.6 is 11.3 Å². The van der Waals surface area contributed by atoms with E-state index in [1.807, 2.05) is 0 Å². The van der Waals surface area contributed by atoms with Crippen molar-refractivity contribution in [2.45, 2.75) is 27.2 Å². The van der Waals surface area contributed by atoms with Crippen LogP contribution in [0.1, 0.15) is 23.6 Å². The van der Waals surface area contributed by atoms with Gasteiger partial charge in [0, 0.05) is 16.6 Å². The Labute approximate surface area is 135 Å². The Hall–Kier alpha value is -2.13. The van der Waals surface area contributed by atoms with Gasteiger partial charge in [0.25, 0.3) is 0 Å². The number of anilines is 2. The van der Waals surface area contributed by atoms with Gasteiger partial charge < -0.3 is 5.32 Å². The van der Waals surface area contributed by atoms with Gasteiger partial charge in [0.2, 0.25) is 0 Å². The lowest BCUT2D eigenvalue weighted by molar-refractivity contribution is 1.14. The zero-order chi connectivity index (χ0) is 15.5. The summed E-state index contributed by atoms with van der Waals surface area (Å²) in [6, 6.07) is 15.1. The first-order valence-corrected chi connectivity index (χ1v) is 8.43. The van der Waals surface area contributed by atoms with Crippen LogP contribution in [0.5, 0.6) is 0 Å². The molecule has 0 saturated heterocycles. The lowest BCUT2D eigenvalue weighted by Gasteiger charge is -2.07. The van der Waals surface area contributed by atoms with Crippen molar-refractivity contribution in [2.75, 3.05) is 5.32 Å². The maximum Gasteiger partial charge on any atom is 0.187 e. The van der Waals surface area contributed by atoms with E-state index in [0.29, 0.717) is 0 Å². The summed E-state index contributed by atoms with van der Waals surface area (Å²) in [4.78, 5) is 4.70. The first-order chi connectivity index (χ1) is 10.7. The Morgan fingerprint density at radius 2 is 1.82 bits per heavy atom. The van der Waals surface area contributed by atoms with Gasteiger partial charge in [-0.2, -0.15) is 0 Å². The number of rotatable bonds is 4. The van der Waals surface area contributed by atoms with Crippen molar-refractivity contribution >= 4 is 22.2 Å². The second-order valence-electron chi connectivity index (χ2n) is 5.53. The third-order valence-corrected chi connectivity index (χ3v) is 4.54. The number of aryl methyl sites for hydroxylation is 3. The molecule has 0 aliphatic carbocycles. The van der Waals surface area contributed by atoms with E-state index in [-0.39, 0.29) is 0 Å². The van der Waals surface area contributed by atoms with Gasteiger partial charge in [0.1, 0.15) is 0 Å². The molecule has 0 bridgehead atoms. The fourth-order valence-corrected chi connectivity index (χ4v) is 3.18. The molecule has 0 atom stereocenters. The predicted octanol–water partition coefficient (Wildman–Crippen LogP) is 5.73. The quantitative estimate of drug-likeness (QED) is 0.665. The van der Waals surface area contributed by atoms with Crippen molar-refractivity contribution < 1.29 is 0 Å². The molecule has 2 aromatic carbocycles. The molecule has 0 saturated carbocycles. The van der Waals surface area contributed by atoms with E-state index in [1.54, 1.807) is 11.3 Å². The maximum absolute atomic E-state index is 4.70. The van der Waals surface area contributed by atoms with Crippen LogP contribution in [-0.2, 0) is 6.42 Å². The first-order valence-electron chi connectivity index (χ1n) is 7.55. The van der Waals surface area contributed by atoms with E-state index in [2.05, 4.69) is 73.9 Å². The minimum Gasteiger partial charge on any atom is -0.331 e. The molecule has 0 fully saturated rings. The SMILES string of the molecule is CCc1ccc(-c2csc(Nc3ccc(C)cc3C)n2)cc1. The summed E-state index contributed by atoms with van der Waals surface area (Å²) in [5, 5.41) is 6.46. The van der Waals surface area contributed by atoms with Gasteiger partial charge in [0.15, 0.2) is 5.13 Å². The van der Waals surface area contributed by atoms with Gasteiger partial charge in [-0.1, -0.05) is 48.9 Å². The van der Waals surface area contributed by atoms with Crippen LogP contribution < -0.4 is 5.32 Å². The Kier molecular flexibility index (Phi) is 4.25. The molecule has 3 rings (SSSR count). The smallest absolute Gasteiger partial charge is 0.187 e. The average Bonchev–Trinajstić information content (AvgIpc) is 2.99. The minimum absolute atomic E-state index is 0.932. The molecule has 2 nitrogen and oxygen atoms in total. The van der Waals surface area contributed by atoms with Crippen molar-refractivity contribution in [3.05, 3.63) is 64.5 Å². The zero-order valence-corrected chi connectivity index (χ0v) is 14.0. The van der Waals surface area contributed by atoms with Crippen molar-refractivity contribution in [3.8, 4) is 11.3 Å². The number of nitrogens with zero attached hydrogens (tertiary/aromatic N) is 1. The maximum atomic E-state index is 4.70. The third kappa shape index (κ3) is 3.20. The monoisotopic (exact) mass is 308 g/mol. The highest BCUT2D eigenvalue weighted by Crippen LogP contribution is 2.28. The summed E-state index contributed by atoms with van der Waals surface area (Å²) in [7, 11) is 0. The van der Waals surface area contributed by atoms with Crippen molar-refractivity contribution in [1.82, 2.24) is 4.98 Å².